The number of benzene rings is 1. The van der Waals surface area contributed by atoms with Gasteiger partial charge in [0.1, 0.15) is 0 Å². The van der Waals surface area contributed by atoms with E-state index in [9.17, 15) is 10.0 Å². The molecule has 2 amide bonds. The van der Waals surface area contributed by atoms with Gasteiger partial charge in [0, 0.05) is 19.3 Å². The van der Waals surface area contributed by atoms with Gasteiger partial charge in [-0.3, -0.25) is 5.21 Å². The fourth-order valence-corrected chi connectivity index (χ4v) is 1.82. The maximum atomic E-state index is 11.2. The maximum Gasteiger partial charge on any atom is 0.345 e. The number of carbonyl (C=O) groups is 1. The Kier molecular flexibility index (Phi) is 2.96. The van der Waals surface area contributed by atoms with Crippen LogP contribution < -0.4 is 15.7 Å². The van der Waals surface area contributed by atoms with Gasteiger partial charge < -0.3 is 10.6 Å². The van der Waals surface area contributed by atoms with E-state index in [4.69, 9.17) is 0 Å². The molecule has 0 unspecified atom stereocenters. The van der Waals surface area contributed by atoms with E-state index >= 15 is 0 Å². The van der Waals surface area contributed by atoms with Crippen molar-refractivity contribution in [2.45, 2.75) is 12.8 Å². The SMILES string of the molecule is CNC(=O)N(O)c1ccc2c(c1)CCCN2. The number of carbonyl (C=O) groups excluding carboxylic acids is 1. The lowest BCUT2D eigenvalue weighted by Crippen LogP contribution is -2.35. The average Bonchev–Trinajstić information content (AvgIpc) is 2.36. The summed E-state index contributed by atoms with van der Waals surface area (Å²) in [6.45, 7) is 0.977. The third-order valence-corrected chi connectivity index (χ3v) is 2.68. The second-order valence-corrected chi connectivity index (χ2v) is 3.74. The van der Waals surface area contributed by atoms with Crippen LogP contribution in [0.1, 0.15) is 12.0 Å². The highest BCUT2D eigenvalue weighted by molar-refractivity contribution is 5.89. The first-order valence-corrected chi connectivity index (χ1v) is 5.30. The van der Waals surface area contributed by atoms with E-state index in [1.807, 2.05) is 12.1 Å². The van der Waals surface area contributed by atoms with Gasteiger partial charge >= 0.3 is 6.03 Å². The molecule has 1 aromatic carbocycles. The predicted molar refractivity (Wildman–Crippen MR) is 62.0 cm³/mol. The lowest BCUT2D eigenvalue weighted by Gasteiger charge is -2.21. The Hall–Kier alpha value is -1.75. The molecular weight excluding hydrogens is 206 g/mol. The Balaban J connectivity index is 2.26. The van der Waals surface area contributed by atoms with E-state index in [0.29, 0.717) is 10.8 Å². The Labute approximate surface area is 94.0 Å². The van der Waals surface area contributed by atoms with Gasteiger partial charge in [0.25, 0.3) is 0 Å². The van der Waals surface area contributed by atoms with E-state index in [0.717, 1.165) is 30.6 Å². The molecule has 16 heavy (non-hydrogen) atoms. The molecule has 3 N–H and O–H groups in total. The van der Waals surface area contributed by atoms with Crippen molar-refractivity contribution < 1.29 is 10.0 Å². The van der Waals surface area contributed by atoms with Gasteiger partial charge in [-0.05, 0) is 36.6 Å². The summed E-state index contributed by atoms with van der Waals surface area (Å²) in [6, 6.07) is 4.89. The van der Waals surface area contributed by atoms with Crippen LogP contribution in [0.15, 0.2) is 18.2 Å². The lowest BCUT2D eigenvalue weighted by molar-refractivity contribution is 0.206. The number of hydrogen-bond acceptors (Lipinski definition) is 3. The number of amides is 2. The molecule has 1 heterocycles. The molecule has 0 fully saturated rings. The molecule has 86 valence electrons. The molecule has 0 saturated heterocycles. The van der Waals surface area contributed by atoms with E-state index in [1.165, 1.54) is 7.05 Å². The minimum atomic E-state index is -0.538. The summed E-state index contributed by atoms with van der Waals surface area (Å²) in [5, 5.41) is 15.8. The molecule has 0 aromatic heterocycles. The molecule has 0 aliphatic carbocycles. The minimum Gasteiger partial charge on any atom is -0.385 e. The predicted octanol–water partition coefficient (Wildman–Crippen LogP) is 1.58. The summed E-state index contributed by atoms with van der Waals surface area (Å²) >= 11 is 0. The van der Waals surface area contributed by atoms with Crippen LogP contribution in [-0.4, -0.2) is 24.8 Å². The van der Waals surface area contributed by atoms with Crippen LogP contribution in [-0.2, 0) is 6.42 Å². The Bertz CT molecular complexity index is 406. The summed E-state index contributed by atoms with van der Waals surface area (Å²) in [6.07, 6.45) is 2.04. The zero-order valence-corrected chi connectivity index (χ0v) is 9.16. The van der Waals surface area contributed by atoms with Gasteiger partial charge in [0.15, 0.2) is 0 Å². The zero-order valence-electron chi connectivity index (χ0n) is 9.16. The molecule has 1 aromatic rings. The summed E-state index contributed by atoms with van der Waals surface area (Å²) in [5.74, 6) is 0. The third kappa shape index (κ3) is 1.94. The molecule has 1 aliphatic rings. The topological polar surface area (TPSA) is 64.6 Å². The van der Waals surface area contributed by atoms with Gasteiger partial charge in [0.05, 0.1) is 5.69 Å². The summed E-state index contributed by atoms with van der Waals surface area (Å²) in [5.41, 5.74) is 2.70. The molecule has 0 spiro atoms. The largest absolute Gasteiger partial charge is 0.385 e. The van der Waals surface area contributed by atoms with Gasteiger partial charge in [-0.1, -0.05) is 0 Å². The first kappa shape index (κ1) is 10.8. The Morgan fingerprint density at radius 1 is 1.56 bits per heavy atom. The van der Waals surface area contributed by atoms with Crippen molar-refractivity contribution in [2.24, 2.45) is 0 Å². The lowest BCUT2D eigenvalue weighted by atomic mass is 10.0. The molecule has 0 radical (unpaired) electrons. The smallest absolute Gasteiger partial charge is 0.345 e. The van der Waals surface area contributed by atoms with Crippen molar-refractivity contribution in [3.05, 3.63) is 23.8 Å². The Morgan fingerprint density at radius 2 is 2.38 bits per heavy atom. The van der Waals surface area contributed by atoms with Crippen LogP contribution in [0.2, 0.25) is 0 Å². The quantitative estimate of drug-likeness (QED) is 0.498. The molecule has 5 heteroatoms. The van der Waals surface area contributed by atoms with Crippen molar-refractivity contribution in [1.29, 1.82) is 0 Å². The molecular formula is C11H15N3O2. The van der Waals surface area contributed by atoms with Crippen LogP contribution in [0.5, 0.6) is 0 Å². The number of hydroxylamine groups is 1. The standard InChI is InChI=1S/C11H15N3O2/c1-12-11(15)14(16)9-4-5-10-8(7-9)3-2-6-13-10/h4-5,7,13,16H,2-3,6H2,1H3,(H,12,15). The summed E-state index contributed by atoms with van der Waals surface area (Å²) in [7, 11) is 1.48. The van der Waals surface area contributed by atoms with Crippen molar-refractivity contribution in [2.75, 3.05) is 24.0 Å². The Morgan fingerprint density at radius 3 is 3.12 bits per heavy atom. The molecule has 2 rings (SSSR count). The van der Waals surface area contributed by atoms with Crippen LogP contribution in [0.4, 0.5) is 16.2 Å². The molecule has 0 saturated carbocycles. The second kappa shape index (κ2) is 4.40. The monoisotopic (exact) mass is 221 g/mol. The fraction of sp³-hybridized carbons (Fsp3) is 0.364. The number of urea groups is 1. The highest BCUT2D eigenvalue weighted by Crippen LogP contribution is 2.26. The van der Waals surface area contributed by atoms with E-state index in [2.05, 4.69) is 10.6 Å². The van der Waals surface area contributed by atoms with E-state index in [-0.39, 0.29) is 0 Å². The summed E-state index contributed by atoms with van der Waals surface area (Å²) < 4.78 is 0. The number of aryl methyl sites for hydroxylation is 1. The first-order valence-electron chi connectivity index (χ1n) is 5.30. The normalized spacial score (nSPS) is 13.6. The average molecular weight is 221 g/mol. The van der Waals surface area contributed by atoms with Gasteiger partial charge in [-0.25, -0.2) is 4.79 Å². The zero-order chi connectivity index (χ0) is 11.5. The molecule has 0 atom stereocenters. The van der Waals surface area contributed by atoms with Crippen molar-refractivity contribution in [1.82, 2.24) is 5.32 Å². The van der Waals surface area contributed by atoms with E-state index in [1.54, 1.807) is 6.07 Å². The van der Waals surface area contributed by atoms with Crippen LogP contribution in [0.3, 0.4) is 0 Å². The van der Waals surface area contributed by atoms with Crippen LogP contribution >= 0.6 is 0 Å². The minimum absolute atomic E-state index is 0.488. The van der Waals surface area contributed by atoms with E-state index < -0.39 is 6.03 Å². The van der Waals surface area contributed by atoms with Crippen molar-refractivity contribution in [3.8, 4) is 0 Å². The fourth-order valence-electron chi connectivity index (χ4n) is 1.82. The number of hydrogen-bond donors (Lipinski definition) is 3. The molecule has 5 nitrogen and oxygen atoms in total. The highest BCUT2D eigenvalue weighted by atomic mass is 16.5. The maximum absolute atomic E-state index is 11.2. The first-order chi connectivity index (χ1) is 7.72. The molecule has 1 aliphatic heterocycles. The summed E-state index contributed by atoms with van der Waals surface area (Å²) in [4.78, 5) is 11.2. The van der Waals surface area contributed by atoms with Crippen molar-refractivity contribution in [3.63, 3.8) is 0 Å². The number of rotatable bonds is 1. The number of fused-ring (bicyclic) bond motifs is 1. The number of nitrogens with one attached hydrogen (secondary N) is 2. The highest BCUT2D eigenvalue weighted by Gasteiger charge is 2.14. The third-order valence-electron chi connectivity index (χ3n) is 2.68. The number of anilines is 2. The van der Waals surface area contributed by atoms with Gasteiger partial charge in [0.2, 0.25) is 0 Å². The number of nitrogens with zero attached hydrogens (tertiary/aromatic N) is 1. The van der Waals surface area contributed by atoms with Crippen molar-refractivity contribution >= 4 is 17.4 Å². The molecule has 0 bridgehead atoms. The van der Waals surface area contributed by atoms with Gasteiger partial charge in [-0.2, -0.15) is 5.06 Å². The van der Waals surface area contributed by atoms with Crippen LogP contribution in [0, 0.1) is 0 Å². The van der Waals surface area contributed by atoms with Gasteiger partial charge in [-0.15, -0.1) is 0 Å². The van der Waals surface area contributed by atoms with Crippen LogP contribution in [0.25, 0.3) is 0 Å². The second-order valence-electron chi connectivity index (χ2n) is 3.74.